The summed E-state index contributed by atoms with van der Waals surface area (Å²) in [5.41, 5.74) is 1.48. The topological polar surface area (TPSA) is 73.4 Å². The Labute approximate surface area is 122 Å². The van der Waals surface area contributed by atoms with E-state index in [4.69, 9.17) is 9.15 Å². The molecule has 2 aromatic rings. The summed E-state index contributed by atoms with van der Waals surface area (Å²) in [6, 6.07) is -0.0840. The van der Waals surface area contributed by atoms with E-state index in [2.05, 4.69) is 14.5 Å². The van der Waals surface area contributed by atoms with Gasteiger partial charge in [0, 0.05) is 38.5 Å². The fourth-order valence-electron chi connectivity index (χ4n) is 2.71. The van der Waals surface area contributed by atoms with Crippen LogP contribution in [-0.2, 0) is 17.7 Å². The zero-order valence-corrected chi connectivity index (χ0v) is 12.2. The van der Waals surface area contributed by atoms with Gasteiger partial charge in [0.05, 0.1) is 12.6 Å². The summed E-state index contributed by atoms with van der Waals surface area (Å²) in [5, 5.41) is 0. The zero-order chi connectivity index (χ0) is 14.8. The van der Waals surface area contributed by atoms with Gasteiger partial charge in [0.1, 0.15) is 12.1 Å². The third-order valence-corrected chi connectivity index (χ3v) is 3.85. The van der Waals surface area contributed by atoms with Gasteiger partial charge < -0.3 is 18.6 Å². The highest BCUT2D eigenvalue weighted by atomic mass is 16.5. The van der Waals surface area contributed by atoms with Gasteiger partial charge >= 0.3 is 0 Å². The first-order valence-electron chi connectivity index (χ1n) is 6.94. The molecule has 0 spiro atoms. The number of fused-ring (bicyclic) bond motifs is 1. The van der Waals surface area contributed by atoms with Crippen molar-refractivity contribution in [1.82, 2.24) is 19.4 Å². The van der Waals surface area contributed by atoms with Crippen molar-refractivity contribution in [2.75, 3.05) is 20.3 Å². The Balaban J connectivity index is 1.81. The molecule has 0 saturated carbocycles. The monoisotopic (exact) mass is 290 g/mol. The van der Waals surface area contributed by atoms with E-state index >= 15 is 0 Å². The van der Waals surface area contributed by atoms with Gasteiger partial charge in [-0.15, -0.1) is 0 Å². The van der Waals surface area contributed by atoms with Crippen molar-refractivity contribution in [2.24, 2.45) is 0 Å². The second-order valence-corrected chi connectivity index (χ2v) is 5.05. The Kier molecular flexibility index (Phi) is 3.74. The lowest BCUT2D eigenvalue weighted by atomic mass is 10.2. The molecule has 7 nitrogen and oxygen atoms in total. The van der Waals surface area contributed by atoms with Gasteiger partial charge in [0.2, 0.25) is 0 Å². The molecule has 0 aromatic carbocycles. The number of amides is 1. The number of aromatic nitrogens is 3. The summed E-state index contributed by atoms with van der Waals surface area (Å²) >= 11 is 0. The molecule has 1 atom stereocenters. The van der Waals surface area contributed by atoms with E-state index in [1.807, 2.05) is 13.1 Å². The molecule has 1 amide bonds. The van der Waals surface area contributed by atoms with Crippen molar-refractivity contribution in [2.45, 2.75) is 25.9 Å². The molecule has 0 radical (unpaired) electrons. The Hall–Kier alpha value is -2.15. The third kappa shape index (κ3) is 2.44. The van der Waals surface area contributed by atoms with Gasteiger partial charge in [-0.1, -0.05) is 0 Å². The molecule has 1 aliphatic heterocycles. The number of methoxy groups -OCH3 is 1. The highest BCUT2D eigenvalue weighted by Crippen LogP contribution is 2.26. The number of carbonyl (C=O) groups is 1. The number of rotatable bonds is 4. The van der Waals surface area contributed by atoms with Crippen LogP contribution in [0.1, 0.15) is 35.0 Å². The molecule has 0 saturated heterocycles. The molecule has 0 bridgehead atoms. The van der Waals surface area contributed by atoms with Crippen molar-refractivity contribution < 1.29 is 13.9 Å². The van der Waals surface area contributed by atoms with Crippen LogP contribution in [0.25, 0.3) is 0 Å². The average molecular weight is 290 g/mol. The molecule has 0 fully saturated rings. The van der Waals surface area contributed by atoms with Crippen molar-refractivity contribution in [3.63, 3.8) is 0 Å². The van der Waals surface area contributed by atoms with Gasteiger partial charge in [0.15, 0.2) is 12.1 Å². The zero-order valence-electron chi connectivity index (χ0n) is 12.2. The lowest BCUT2D eigenvalue weighted by molar-refractivity contribution is 0.0629. The molecule has 1 aliphatic rings. The number of nitrogens with zero attached hydrogens (tertiary/aromatic N) is 4. The molecule has 3 heterocycles. The molecule has 7 heteroatoms. The molecular formula is C14H18N4O3. The van der Waals surface area contributed by atoms with Gasteiger partial charge in [-0.05, 0) is 6.92 Å². The SMILES string of the molecule is COCCc1cnc2n1CCN(C(=O)c1cocn1)[C@H]2C. The summed E-state index contributed by atoms with van der Waals surface area (Å²) in [5.74, 6) is 0.785. The van der Waals surface area contributed by atoms with E-state index < -0.39 is 0 Å². The van der Waals surface area contributed by atoms with Crippen molar-refractivity contribution in [1.29, 1.82) is 0 Å². The third-order valence-electron chi connectivity index (χ3n) is 3.85. The number of hydrogen-bond acceptors (Lipinski definition) is 5. The van der Waals surface area contributed by atoms with Crippen LogP contribution < -0.4 is 0 Å². The van der Waals surface area contributed by atoms with Gasteiger partial charge in [0.25, 0.3) is 5.91 Å². The van der Waals surface area contributed by atoms with E-state index in [-0.39, 0.29) is 11.9 Å². The van der Waals surface area contributed by atoms with E-state index in [9.17, 15) is 4.79 Å². The number of ether oxygens (including phenoxy) is 1. The predicted octanol–water partition coefficient (Wildman–Crippen LogP) is 1.28. The van der Waals surface area contributed by atoms with Crippen LogP contribution in [0.15, 0.2) is 23.3 Å². The minimum atomic E-state index is -0.121. The molecule has 0 N–H and O–H groups in total. The van der Waals surface area contributed by atoms with Gasteiger partial charge in [-0.2, -0.15) is 0 Å². The van der Waals surface area contributed by atoms with Crippen LogP contribution in [-0.4, -0.2) is 45.6 Å². The van der Waals surface area contributed by atoms with Crippen LogP contribution in [0, 0.1) is 0 Å². The van der Waals surface area contributed by atoms with Crippen LogP contribution in [0.5, 0.6) is 0 Å². The summed E-state index contributed by atoms with van der Waals surface area (Å²) in [6.45, 7) is 4.02. The Morgan fingerprint density at radius 3 is 3.05 bits per heavy atom. The summed E-state index contributed by atoms with van der Waals surface area (Å²) in [7, 11) is 1.69. The summed E-state index contributed by atoms with van der Waals surface area (Å²) in [4.78, 5) is 22.6. The summed E-state index contributed by atoms with van der Waals surface area (Å²) in [6.07, 6.45) is 5.34. The average Bonchev–Trinajstić information content (AvgIpc) is 3.15. The number of imidazole rings is 1. The lowest BCUT2D eigenvalue weighted by Gasteiger charge is -2.34. The normalized spacial score (nSPS) is 17.8. The minimum absolute atomic E-state index is 0.0840. The highest BCUT2D eigenvalue weighted by Gasteiger charge is 2.31. The molecule has 0 unspecified atom stereocenters. The smallest absolute Gasteiger partial charge is 0.276 e. The van der Waals surface area contributed by atoms with Crippen LogP contribution in [0.2, 0.25) is 0 Å². The van der Waals surface area contributed by atoms with E-state index in [0.717, 1.165) is 24.5 Å². The first-order valence-corrected chi connectivity index (χ1v) is 6.94. The van der Waals surface area contributed by atoms with Crippen LogP contribution >= 0.6 is 0 Å². The van der Waals surface area contributed by atoms with Crippen molar-refractivity contribution in [3.8, 4) is 0 Å². The molecule has 2 aromatic heterocycles. The van der Waals surface area contributed by atoms with E-state index in [1.165, 1.54) is 12.7 Å². The fraction of sp³-hybridized carbons (Fsp3) is 0.500. The maximum atomic E-state index is 12.4. The van der Waals surface area contributed by atoms with Crippen molar-refractivity contribution >= 4 is 5.91 Å². The minimum Gasteiger partial charge on any atom is -0.451 e. The van der Waals surface area contributed by atoms with Crippen molar-refractivity contribution in [3.05, 3.63) is 36.1 Å². The number of oxazole rings is 1. The Bertz CT molecular complexity index is 620. The van der Waals surface area contributed by atoms with Crippen LogP contribution in [0.4, 0.5) is 0 Å². The predicted molar refractivity (Wildman–Crippen MR) is 73.8 cm³/mol. The quantitative estimate of drug-likeness (QED) is 0.848. The number of carbonyl (C=O) groups excluding carboxylic acids is 1. The number of hydrogen-bond donors (Lipinski definition) is 0. The fourth-order valence-corrected chi connectivity index (χ4v) is 2.71. The lowest BCUT2D eigenvalue weighted by Crippen LogP contribution is -2.41. The molecule has 112 valence electrons. The second-order valence-electron chi connectivity index (χ2n) is 5.05. The second kappa shape index (κ2) is 5.69. The van der Waals surface area contributed by atoms with Gasteiger partial charge in [-0.3, -0.25) is 4.79 Å². The molecular weight excluding hydrogens is 272 g/mol. The maximum absolute atomic E-state index is 12.4. The van der Waals surface area contributed by atoms with E-state index in [1.54, 1.807) is 12.0 Å². The first-order chi connectivity index (χ1) is 10.2. The van der Waals surface area contributed by atoms with Gasteiger partial charge in [-0.25, -0.2) is 9.97 Å². The summed E-state index contributed by atoms with van der Waals surface area (Å²) < 4.78 is 12.2. The van der Waals surface area contributed by atoms with Crippen LogP contribution in [0.3, 0.4) is 0 Å². The largest absolute Gasteiger partial charge is 0.451 e. The molecule has 21 heavy (non-hydrogen) atoms. The highest BCUT2D eigenvalue weighted by molar-refractivity contribution is 5.92. The molecule has 3 rings (SSSR count). The maximum Gasteiger partial charge on any atom is 0.276 e. The first kappa shape index (κ1) is 13.8. The molecule has 0 aliphatic carbocycles. The Morgan fingerprint density at radius 2 is 2.33 bits per heavy atom. The standard InChI is InChI=1S/C14H18N4O3/c1-10-13-15-7-11(3-6-20-2)18(13)5-4-17(10)14(19)12-8-21-9-16-12/h7-10H,3-6H2,1-2H3/t10-/m0/s1. The Morgan fingerprint density at radius 1 is 1.48 bits per heavy atom. The van der Waals surface area contributed by atoms with E-state index in [0.29, 0.717) is 18.8 Å².